The fourth-order valence-electron chi connectivity index (χ4n) is 2.22. The number of hydrogen-bond acceptors (Lipinski definition) is 1. The van der Waals surface area contributed by atoms with Gasteiger partial charge in [0.1, 0.15) is 0 Å². The van der Waals surface area contributed by atoms with Crippen molar-refractivity contribution in [3.8, 4) is 0 Å². The summed E-state index contributed by atoms with van der Waals surface area (Å²) in [5, 5.41) is 5.45. The quantitative estimate of drug-likeness (QED) is 0.718. The van der Waals surface area contributed by atoms with Crippen LogP contribution < -0.4 is 0 Å². The number of alkyl halides is 1. The highest BCUT2D eigenvalue weighted by Gasteiger charge is 2.29. The van der Waals surface area contributed by atoms with Crippen molar-refractivity contribution in [3.63, 3.8) is 0 Å². The standard InChI is InChI=1S/C13H20BrClN2/c1-3-11-13(15)12(17(4-2)16-11)8-7-10(14)9-5-6-9/h9-10H,3-8H2,1-2H3. The van der Waals surface area contributed by atoms with E-state index in [2.05, 4.69) is 39.6 Å². The Bertz CT molecular complexity index is 385. The van der Waals surface area contributed by atoms with Gasteiger partial charge in [-0.1, -0.05) is 34.5 Å². The van der Waals surface area contributed by atoms with Gasteiger partial charge in [-0.15, -0.1) is 0 Å². The summed E-state index contributed by atoms with van der Waals surface area (Å²) >= 11 is 10.2. The Balaban J connectivity index is 2.04. The Hall–Kier alpha value is -0.0200. The Kier molecular flexibility index (Phi) is 4.53. The van der Waals surface area contributed by atoms with Gasteiger partial charge in [0, 0.05) is 11.4 Å². The Labute approximate surface area is 117 Å². The molecule has 1 aromatic rings. The lowest BCUT2D eigenvalue weighted by Crippen LogP contribution is -2.07. The molecule has 0 bridgehead atoms. The number of nitrogens with zero attached hydrogens (tertiary/aromatic N) is 2. The normalized spacial score (nSPS) is 17.4. The molecule has 4 heteroatoms. The van der Waals surface area contributed by atoms with E-state index < -0.39 is 0 Å². The van der Waals surface area contributed by atoms with E-state index in [9.17, 15) is 0 Å². The molecule has 1 saturated carbocycles. The third-order valence-electron chi connectivity index (χ3n) is 3.48. The molecular weight excluding hydrogens is 300 g/mol. The molecule has 1 fully saturated rings. The fraction of sp³-hybridized carbons (Fsp3) is 0.769. The third kappa shape index (κ3) is 3.05. The predicted molar refractivity (Wildman–Crippen MR) is 76.0 cm³/mol. The van der Waals surface area contributed by atoms with Gasteiger partial charge in [0.25, 0.3) is 0 Å². The van der Waals surface area contributed by atoms with Crippen LogP contribution in [0.1, 0.15) is 44.5 Å². The SMILES string of the molecule is CCc1nn(CC)c(CCC(Br)C2CC2)c1Cl. The Morgan fingerprint density at radius 2 is 2.18 bits per heavy atom. The van der Waals surface area contributed by atoms with E-state index in [0.29, 0.717) is 4.83 Å². The third-order valence-corrected chi connectivity index (χ3v) is 5.13. The van der Waals surface area contributed by atoms with Gasteiger partial charge < -0.3 is 0 Å². The van der Waals surface area contributed by atoms with Crippen LogP contribution in [0.3, 0.4) is 0 Å². The highest BCUT2D eigenvalue weighted by atomic mass is 79.9. The zero-order valence-electron chi connectivity index (χ0n) is 10.5. The average Bonchev–Trinajstić information content (AvgIpc) is 3.12. The minimum absolute atomic E-state index is 0.656. The molecule has 1 aromatic heterocycles. The van der Waals surface area contributed by atoms with Crippen molar-refractivity contribution in [2.24, 2.45) is 5.92 Å². The van der Waals surface area contributed by atoms with Gasteiger partial charge in [0.05, 0.1) is 16.4 Å². The molecule has 17 heavy (non-hydrogen) atoms. The van der Waals surface area contributed by atoms with Crippen LogP contribution in [0, 0.1) is 5.92 Å². The van der Waals surface area contributed by atoms with Crippen LogP contribution in [0.25, 0.3) is 0 Å². The van der Waals surface area contributed by atoms with Gasteiger partial charge in [-0.05, 0) is 44.9 Å². The molecule has 2 nitrogen and oxygen atoms in total. The van der Waals surface area contributed by atoms with E-state index in [1.807, 2.05) is 0 Å². The molecule has 0 aliphatic heterocycles. The highest BCUT2D eigenvalue weighted by Crippen LogP contribution is 2.39. The Morgan fingerprint density at radius 3 is 2.71 bits per heavy atom. The number of halogens is 2. The average molecular weight is 320 g/mol. The number of aromatic nitrogens is 2. The first kappa shape index (κ1) is 13.4. The fourth-order valence-corrected chi connectivity index (χ4v) is 3.35. The smallest absolute Gasteiger partial charge is 0.0849 e. The van der Waals surface area contributed by atoms with Crippen LogP contribution in [0.4, 0.5) is 0 Å². The summed E-state index contributed by atoms with van der Waals surface area (Å²) in [6, 6.07) is 0. The van der Waals surface area contributed by atoms with E-state index in [1.54, 1.807) is 0 Å². The van der Waals surface area contributed by atoms with Crippen molar-refractivity contribution in [2.45, 2.75) is 57.3 Å². The van der Waals surface area contributed by atoms with Gasteiger partial charge in [0.2, 0.25) is 0 Å². The second-order valence-corrected chi connectivity index (χ2v) is 6.32. The maximum Gasteiger partial charge on any atom is 0.0849 e. The first-order valence-corrected chi connectivity index (χ1v) is 7.84. The van der Waals surface area contributed by atoms with Crippen molar-refractivity contribution < 1.29 is 0 Å². The predicted octanol–water partition coefficient (Wildman–Crippen LogP) is 4.22. The molecule has 0 aromatic carbocycles. The lowest BCUT2D eigenvalue weighted by molar-refractivity contribution is 0.592. The molecule has 0 saturated heterocycles. The summed E-state index contributed by atoms with van der Waals surface area (Å²) < 4.78 is 2.06. The summed E-state index contributed by atoms with van der Waals surface area (Å²) in [5.74, 6) is 0.900. The van der Waals surface area contributed by atoms with E-state index in [1.165, 1.54) is 25.0 Å². The largest absolute Gasteiger partial charge is 0.268 e. The summed E-state index contributed by atoms with van der Waals surface area (Å²) in [7, 11) is 0. The van der Waals surface area contributed by atoms with Crippen LogP contribution in [0.15, 0.2) is 0 Å². The minimum atomic E-state index is 0.656. The summed E-state index contributed by atoms with van der Waals surface area (Å²) in [5.41, 5.74) is 2.26. The van der Waals surface area contributed by atoms with Gasteiger partial charge in [-0.2, -0.15) is 5.10 Å². The van der Waals surface area contributed by atoms with Crippen molar-refractivity contribution in [1.29, 1.82) is 0 Å². The van der Waals surface area contributed by atoms with E-state index in [4.69, 9.17) is 11.6 Å². The van der Waals surface area contributed by atoms with E-state index in [-0.39, 0.29) is 0 Å². The van der Waals surface area contributed by atoms with Crippen molar-refractivity contribution in [1.82, 2.24) is 9.78 Å². The molecule has 1 heterocycles. The number of aryl methyl sites for hydroxylation is 2. The first-order valence-electron chi connectivity index (χ1n) is 6.55. The van der Waals surface area contributed by atoms with E-state index in [0.717, 1.165) is 36.0 Å². The maximum absolute atomic E-state index is 6.39. The van der Waals surface area contributed by atoms with Crippen LogP contribution >= 0.6 is 27.5 Å². The molecule has 2 rings (SSSR count). The molecule has 0 radical (unpaired) electrons. The summed E-state index contributed by atoms with van der Waals surface area (Å²) in [6.07, 6.45) is 5.89. The Morgan fingerprint density at radius 1 is 1.47 bits per heavy atom. The lowest BCUT2D eigenvalue weighted by Gasteiger charge is -2.09. The van der Waals surface area contributed by atoms with Gasteiger partial charge >= 0.3 is 0 Å². The molecule has 0 amide bonds. The number of hydrogen-bond donors (Lipinski definition) is 0. The second kappa shape index (κ2) is 5.75. The second-order valence-electron chi connectivity index (χ2n) is 4.77. The molecular formula is C13H20BrClN2. The van der Waals surface area contributed by atoms with Crippen molar-refractivity contribution >= 4 is 27.5 Å². The topological polar surface area (TPSA) is 17.8 Å². The maximum atomic E-state index is 6.39. The summed E-state index contributed by atoms with van der Waals surface area (Å²) in [6.45, 7) is 5.14. The molecule has 0 spiro atoms. The van der Waals surface area contributed by atoms with Gasteiger partial charge in [-0.25, -0.2) is 0 Å². The monoisotopic (exact) mass is 318 g/mol. The van der Waals surface area contributed by atoms with Crippen LogP contribution in [0.5, 0.6) is 0 Å². The van der Waals surface area contributed by atoms with Crippen molar-refractivity contribution in [3.05, 3.63) is 16.4 Å². The van der Waals surface area contributed by atoms with Crippen LogP contribution in [-0.4, -0.2) is 14.6 Å². The highest BCUT2D eigenvalue weighted by molar-refractivity contribution is 9.09. The van der Waals surface area contributed by atoms with E-state index >= 15 is 0 Å². The zero-order chi connectivity index (χ0) is 12.4. The zero-order valence-corrected chi connectivity index (χ0v) is 12.9. The first-order chi connectivity index (χ1) is 8.17. The van der Waals surface area contributed by atoms with Crippen LogP contribution in [0.2, 0.25) is 5.02 Å². The molecule has 0 N–H and O–H groups in total. The van der Waals surface area contributed by atoms with Gasteiger partial charge in [0.15, 0.2) is 0 Å². The molecule has 1 aliphatic rings. The minimum Gasteiger partial charge on any atom is -0.268 e. The van der Waals surface area contributed by atoms with Gasteiger partial charge in [-0.3, -0.25) is 4.68 Å². The van der Waals surface area contributed by atoms with Crippen LogP contribution in [-0.2, 0) is 19.4 Å². The molecule has 1 atom stereocenters. The molecule has 1 unspecified atom stereocenters. The summed E-state index contributed by atoms with van der Waals surface area (Å²) in [4.78, 5) is 0.656. The number of rotatable bonds is 6. The lowest BCUT2D eigenvalue weighted by atomic mass is 10.1. The molecule has 96 valence electrons. The molecule has 1 aliphatic carbocycles. The van der Waals surface area contributed by atoms with Crippen molar-refractivity contribution in [2.75, 3.05) is 0 Å².